The molecule has 1 aromatic carbocycles. The van der Waals surface area contributed by atoms with E-state index in [2.05, 4.69) is 47.0 Å². The summed E-state index contributed by atoms with van der Waals surface area (Å²) in [7, 11) is 0. The number of hydrogen-bond donors (Lipinski definition) is 5. The molecule has 1 aliphatic carbocycles. The number of nitrogens with zero attached hydrogens (tertiary/aromatic N) is 1. The van der Waals surface area contributed by atoms with Gasteiger partial charge in [0.2, 0.25) is 0 Å². The number of hydrazine groups is 1. The molecule has 2 aliphatic rings. The highest BCUT2D eigenvalue weighted by molar-refractivity contribution is 5.85. The highest BCUT2D eigenvalue weighted by Crippen LogP contribution is 2.33. The SMILES string of the molecule is Cc1ccc(C2CCNC2)cc1.N/N=C(/CC(C(=O)O)C1CCCC1)NN. The summed E-state index contributed by atoms with van der Waals surface area (Å²) in [5, 5.41) is 15.9. The zero-order valence-electron chi connectivity index (χ0n) is 16.2. The van der Waals surface area contributed by atoms with Crippen LogP contribution in [0.2, 0.25) is 0 Å². The highest BCUT2D eigenvalue weighted by Gasteiger charge is 2.31. The molecule has 150 valence electrons. The fraction of sp³-hybridized carbons (Fsp3) is 0.600. The first-order valence-electron chi connectivity index (χ1n) is 9.78. The van der Waals surface area contributed by atoms with Crippen molar-refractivity contribution >= 4 is 11.8 Å². The minimum atomic E-state index is -0.793. The Hall–Kier alpha value is -2.12. The smallest absolute Gasteiger partial charge is 0.307 e. The second-order valence-corrected chi connectivity index (χ2v) is 7.51. The van der Waals surface area contributed by atoms with Gasteiger partial charge in [0.15, 0.2) is 0 Å². The second-order valence-electron chi connectivity index (χ2n) is 7.51. The first kappa shape index (κ1) is 21.2. The third-order valence-corrected chi connectivity index (χ3v) is 5.63. The summed E-state index contributed by atoms with van der Waals surface area (Å²) in [6.45, 7) is 4.47. The predicted octanol–water partition coefficient (Wildman–Crippen LogP) is 2.07. The number of hydrogen-bond acceptors (Lipinski definition) is 5. The molecule has 27 heavy (non-hydrogen) atoms. The van der Waals surface area contributed by atoms with E-state index in [-0.39, 0.29) is 12.3 Å². The first-order chi connectivity index (χ1) is 13.0. The summed E-state index contributed by atoms with van der Waals surface area (Å²) in [5.41, 5.74) is 5.17. The zero-order valence-corrected chi connectivity index (χ0v) is 16.2. The Labute approximate surface area is 161 Å². The minimum Gasteiger partial charge on any atom is -0.481 e. The van der Waals surface area contributed by atoms with Crippen LogP contribution in [0.1, 0.15) is 55.6 Å². The number of carboxylic acid groups (broad SMARTS) is 1. The summed E-state index contributed by atoms with van der Waals surface area (Å²) >= 11 is 0. The lowest BCUT2D eigenvalue weighted by atomic mass is 9.88. The van der Waals surface area contributed by atoms with Crippen molar-refractivity contribution < 1.29 is 9.90 Å². The number of benzene rings is 1. The zero-order chi connectivity index (χ0) is 19.6. The number of carboxylic acids is 1. The molecule has 0 spiro atoms. The molecule has 0 bridgehead atoms. The third kappa shape index (κ3) is 6.52. The van der Waals surface area contributed by atoms with E-state index >= 15 is 0 Å². The largest absolute Gasteiger partial charge is 0.481 e. The lowest BCUT2D eigenvalue weighted by Crippen LogP contribution is -2.36. The minimum absolute atomic E-state index is 0.229. The van der Waals surface area contributed by atoms with Crippen LogP contribution in [0.25, 0.3) is 0 Å². The Morgan fingerprint density at radius 3 is 2.44 bits per heavy atom. The molecule has 7 heteroatoms. The fourth-order valence-electron chi connectivity index (χ4n) is 3.95. The summed E-state index contributed by atoms with van der Waals surface area (Å²) in [4.78, 5) is 11.1. The fourth-order valence-corrected chi connectivity index (χ4v) is 3.95. The van der Waals surface area contributed by atoms with Crippen LogP contribution in [0.4, 0.5) is 0 Å². The van der Waals surface area contributed by atoms with Crippen molar-refractivity contribution in [2.24, 2.45) is 28.6 Å². The molecule has 7 N–H and O–H groups in total. The number of aliphatic carboxylic acids is 1. The number of nitrogens with one attached hydrogen (secondary N) is 2. The van der Waals surface area contributed by atoms with Crippen molar-refractivity contribution in [1.82, 2.24) is 10.7 Å². The van der Waals surface area contributed by atoms with Gasteiger partial charge in [0, 0.05) is 13.0 Å². The van der Waals surface area contributed by atoms with Crippen LogP contribution in [0.3, 0.4) is 0 Å². The van der Waals surface area contributed by atoms with Gasteiger partial charge in [-0.15, -0.1) is 0 Å². The van der Waals surface area contributed by atoms with Crippen molar-refractivity contribution in [1.29, 1.82) is 0 Å². The van der Waals surface area contributed by atoms with Crippen molar-refractivity contribution in [3.05, 3.63) is 35.4 Å². The molecule has 0 aromatic heterocycles. The lowest BCUT2D eigenvalue weighted by molar-refractivity contribution is -0.143. The van der Waals surface area contributed by atoms with Gasteiger partial charge in [-0.2, -0.15) is 5.10 Å². The Morgan fingerprint density at radius 2 is 1.96 bits per heavy atom. The van der Waals surface area contributed by atoms with Crippen LogP contribution in [-0.4, -0.2) is 30.0 Å². The van der Waals surface area contributed by atoms with Crippen LogP contribution in [0, 0.1) is 18.8 Å². The number of hydrazone groups is 1. The molecule has 1 heterocycles. The summed E-state index contributed by atoms with van der Waals surface area (Å²) < 4.78 is 0. The van der Waals surface area contributed by atoms with Crippen LogP contribution in [0.5, 0.6) is 0 Å². The summed E-state index contributed by atoms with van der Waals surface area (Å²) in [6.07, 6.45) is 5.74. The molecule has 2 unspecified atom stereocenters. The van der Waals surface area contributed by atoms with E-state index in [1.165, 1.54) is 24.1 Å². The lowest BCUT2D eigenvalue weighted by Gasteiger charge is -2.19. The van der Waals surface area contributed by atoms with E-state index in [0.717, 1.165) is 38.1 Å². The van der Waals surface area contributed by atoms with Crippen molar-refractivity contribution in [3.63, 3.8) is 0 Å². The quantitative estimate of drug-likeness (QED) is 0.232. The standard InChI is InChI=1S/C11H15N.C9H18N4O2/c1-9-2-4-10(5-3-9)11-6-7-12-8-11;10-12-8(13-11)5-7(9(14)15)6-3-1-2-4-6/h2-5,11-12H,6-8H2,1H3;6-7H,1-5,10-11H2,(H,12,13)(H,14,15). The van der Waals surface area contributed by atoms with Gasteiger partial charge in [-0.3, -0.25) is 4.79 Å². The maximum absolute atomic E-state index is 11.1. The molecule has 1 aromatic rings. The van der Waals surface area contributed by atoms with Gasteiger partial charge in [-0.05, 0) is 50.1 Å². The van der Waals surface area contributed by atoms with Gasteiger partial charge in [0.25, 0.3) is 0 Å². The molecule has 1 saturated heterocycles. The number of rotatable bonds is 5. The number of amidine groups is 1. The number of carbonyl (C=O) groups is 1. The molecule has 0 amide bonds. The molecule has 1 aliphatic heterocycles. The van der Waals surface area contributed by atoms with Crippen LogP contribution in [-0.2, 0) is 4.79 Å². The normalized spacial score (nSPS) is 21.4. The topological polar surface area (TPSA) is 126 Å². The molecule has 2 fully saturated rings. The first-order valence-corrected chi connectivity index (χ1v) is 9.78. The summed E-state index contributed by atoms with van der Waals surface area (Å²) in [5.74, 6) is 10.4. The predicted molar refractivity (Wildman–Crippen MR) is 108 cm³/mol. The van der Waals surface area contributed by atoms with Gasteiger partial charge in [-0.25, -0.2) is 5.84 Å². The summed E-state index contributed by atoms with van der Waals surface area (Å²) in [6, 6.07) is 8.92. The number of aryl methyl sites for hydroxylation is 1. The van der Waals surface area contributed by atoms with E-state index in [4.69, 9.17) is 16.8 Å². The van der Waals surface area contributed by atoms with Crippen molar-refractivity contribution in [3.8, 4) is 0 Å². The molecular formula is C20H33N5O2. The van der Waals surface area contributed by atoms with E-state index in [0.29, 0.717) is 5.84 Å². The van der Waals surface area contributed by atoms with E-state index in [9.17, 15) is 4.79 Å². The third-order valence-electron chi connectivity index (χ3n) is 5.63. The Bertz CT molecular complexity index is 605. The van der Waals surface area contributed by atoms with Gasteiger partial charge < -0.3 is 21.7 Å². The average molecular weight is 376 g/mol. The van der Waals surface area contributed by atoms with E-state index in [1.54, 1.807) is 0 Å². The molecule has 0 radical (unpaired) electrons. The Morgan fingerprint density at radius 1 is 1.30 bits per heavy atom. The molecular weight excluding hydrogens is 342 g/mol. The Kier molecular flexibility index (Phi) is 8.54. The van der Waals surface area contributed by atoms with Crippen LogP contribution in [0.15, 0.2) is 29.4 Å². The van der Waals surface area contributed by atoms with E-state index < -0.39 is 11.9 Å². The molecule has 2 atom stereocenters. The van der Waals surface area contributed by atoms with Crippen LogP contribution < -0.4 is 22.4 Å². The highest BCUT2D eigenvalue weighted by atomic mass is 16.4. The Balaban J connectivity index is 0.000000198. The van der Waals surface area contributed by atoms with Gasteiger partial charge >= 0.3 is 5.97 Å². The molecule has 3 rings (SSSR count). The van der Waals surface area contributed by atoms with Gasteiger partial charge in [-0.1, -0.05) is 42.7 Å². The monoisotopic (exact) mass is 375 g/mol. The van der Waals surface area contributed by atoms with Crippen LogP contribution >= 0.6 is 0 Å². The van der Waals surface area contributed by atoms with Gasteiger partial charge in [0.05, 0.1) is 5.92 Å². The number of nitrogens with two attached hydrogens (primary N) is 2. The maximum atomic E-state index is 11.1. The van der Waals surface area contributed by atoms with Gasteiger partial charge in [0.1, 0.15) is 5.84 Å². The molecule has 7 nitrogen and oxygen atoms in total. The molecule has 1 saturated carbocycles. The van der Waals surface area contributed by atoms with E-state index in [1.807, 2.05) is 0 Å². The van der Waals surface area contributed by atoms with Crippen molar-refractivity contribution in [2.45, 2.75) is 51.4 Å². The second kappa shape index (κ2) is 10.9. The average Bonchev–Trinajstić information content (AvgIpc) is 3.38. The van der Waals surface area contributed by atoms with Crippen molar-refractivity contribution in [2.75, 3.05) is 13.1 Å². The maximum Gasteiger partial charge on any atom is 0.307 e.